The molecule has 0 atom stereocenters. The Kier molecular flexibility index (Phi) is 6.41. The molecule has 198 valence electrons. The third-order valence-corrected chi connectivity index (χ3v) is 9.06. The van der Waals surface area contributed by atoms with E-state index >= 15 is 0 Å². The van der Waals surface area contributed by atoms with Crippen LogP contribution in [0.25, 0.3) is 29.1 Å². The van der Waals surface area contributed by atoms with E-state index in [2.05, 4.69) is 57.1 Å². The fraction of sp³-hybridized carbons (Fsp3) is 0.333. The van der Waals surface area contributed by atoms with Gasteiger partial charge in [0.25, 0.3) is 0 Å². The van der Waals surface area contributed by atoms with Crippen molar-refractivity contribution in [3.63, 3.8) is 0 Å². The largest absolute Gasteiger partial charge is 0.371 e. The molecule has 4 aliphatic heterocycles. The second-order valence-corrected chi connectivity index (χ2v) is 11.7. The minimum atomic E-state index is 0.580. The van der Waals surface area contributed by atoms with Crippen molar-refractivity contribution >= 4 is 41.4 Å². The Morgan fingerprint density at radius 2 is 1.07 bits per heavy atom. The van der Waals surface area contributed by atoms with Crippen LogP contribution in [0.4, 0.5) is 17.1 Å². The third kappa shape index (κ3) is 4.48. The van der Waals surface area contributed by atoms with Crippen molar-refractivity contribution in [1.29, 1.82) is 5.26 Å². The van der Waals surface area contributed by atoms with Crippen LogP contribution in [0.15, 0.2) is 36.4 Å². The van der Waals surface area contributed by atoms with Crippen LogP contribution in [0.1, 0.15) is 75.8 Å². The lowest BCUT2D eigenvalue weighted by atomic mass is 9.89. The van der Waals surface area contributed by atoms with Gasteiger partial charge in [-0.05, 0) is 132 Å². The topological polar surface area (TPSA) is 34.6 Å². The van der Waals surface area contributed by atoms with Gasteiger partial charge in [-0.1, -0.05) is 24.3 Å². The van der Waals surface area contributed by atoms with Gasteiger partial charge in [0.05, 0.1) is 18.2 Å². The van der Waals surface area contributed by atoms with Crippen molar-refractivity contribution < 1.29 is 0 Å². The number of benzene rings is 3. The third-order valence-electron chi connectivity index (χ3n) is 9.06. The van der Waals surface area contributed by atoms with Crippen molar-refractivity contribution in [2.45, 2.75) is 51.4 Å². The Labute approximate surface area is 237 Å². The lowest BCUT2D eigenvalue weighted by Gasteiger charge is -2.37. The number of anilines is 2. The molecule has 3 aromatic rings. The first-order valence-corrected chi connectivity index (χ1v) is 14.8. The molecular formula is C36H34N4. The fourth-order valence-electron chi connectivity index (χ4n) is 7.31. The van der Waals surface area contributed by atoms with Crippen LogP contribution in [0, 0.1) is 17.9 Å². The van der Waals surface area contributed by atoms with Gasteiger partial charge in [0.2, 0.25) is 0 Å². The molecule has 4 aliphatic rings. The summed E-state index contributed by atoms with van der Waals surface area (Å²) in [6.45, 7) is 12.6. The molecule has 40 heavy (non-hydrogen) atoms. The van der Waals surface area contributed by atoms with Gasteiger partial charge in [0, 0.05) is 37.6 Å². The van der Waals surface area contributed by atoms with Crippen molar-refractivity contribution in [3.05, 3.63) is 97.9 Å². The fourth-order valence-corrected chi connectivity index (χ4v) is 7.31. The van der Waals surface area contributed by atoms with Gasteiger partial charge in [-0.15, -0.1) is 0 Å². The molecule has 0 aromatic heterocycles. The van der Waals surface area contributed by atoms with E-state index in [1.165, 1.54) is 96.6 Å². The molecule has 0 bridgehead atoms. The second-order valence-electron chi connectivity index (χ2n) is 11.7. The summed E-state index contributed by atoms with van der Waals surface area (Å²) >= 11 is 0. The number of hydrogen-bond acceptors (Lipinski definition) is 3. The Balaban J connectivity index is 1.19. The highest BCUT2D eigenvalue weighted by Crippen LogP contribution is 2.38. The highest BCUT2D eigenvalue weighted by Gasteiger charge is 2.25. The van der Waals surface area contributed by atoms with Crippen molar-refractivity contribution in [3.8, 4) is 6.07 Å². The number of nitriles is 1. The van der Waals surface area contributed by atoms with Crippen LogP contribution in [0.3, 0.4) is 0 Å². The summed E-state index contributed by atoms with van der Waals surface area (Å²) in [7, 11) is 0. The number of hydrogen-bond donors (Lipinski definition) is 0. The van der Waals surface area contributed by atoms with Crippen molar-refractivity contribution in [2.24, 2.45) is 0 Å². The summed E-state index contributed by atoms with van der Waals surface area (Å²) in [6, 6.07) is 15.4. The Morgan fingerprint density at radius 1 is 0.625 bits per heavy atom. The Bertz CT molecular complexity index is 1460. The maximum atomic E-state index is 10.0. The van der Waals surface area contributed by atoms with E-state index in [0.717, 1.165) is 36.8 Å². The molecule has 0 aliphatic carbocycles. The lowest BCUT2D eigenvalue weighted by Crippen LogP contribution is -2.34. The monoisotopic (exact) mass is 522 g/mol. The van der Waals surface area contributed by atoms with Crippen LogP contribution in [-0.2, 0) is 25.7 Å². The highest BCUT2D eigenvalue weighted by molar-refractivity contribution is 5.84. The standard InChI is InChI=1S/C36H34N4/c1-38-34-23-27(12-10-25-18-29-6-2-14-39-15-3-7-30(19-25)35(29)39)33(24-37)22-28(34)13-11-26-20-31-8-4-16-40-17-5-9-32(21-26)36(31)40/h10-13,18-23H,2-9,14-17H2/b12-10+,13-11+. The van der Waals surface area contributed by atoms with E-state index in [1.54, 1.807) is 0 Å². The predicted octanol–water partition coefficient (Wildman–Crippen LogP) is 7.85. The van der Waals surface area contributed by atoms with Gasteiger partial charge < -0.3 is 9.80 Å². The van der Waals surface area contributed by atoms with E-state index < -0.39 is 0 Å². The molecule has 0 unspecified atom stereocenters. The van der Waals surface area contributed by atoms with E-state index in [0.29, 0.717) is 11.3 Å². The van der Waals surface area contributed by atoms with Gasteiger partial charge in [-0.3, -0.25) is 0 Å². The maximum Gasteiger partial charge on any atom is 0.194 e. The Morgan fingerprint density at radius 3 is 1.50 bits per heavy atom. The van der Waals surface area contributed by atoms with Crippen LogP contribution >= 0.6 is 0 Å². The molecule has 0 saturated carbocycles. The quantitative estimate of drug-likeness (QED) is 0.259. The summed E-state index contributed by atoms with van der Waals surface area (Å²) in [5.74, 6) is 0. The zero-order valence-corrected chi connectivity index (χ0v) is 23.0. The molecule has 3 aromatic carbocycles. The number of rotatable bonds is 4. The van der Waals surface area contributed by atoms with Gasteiger partial charge in [0.1, 0.15) is 0 Å². The SMILES string of the molecule is [C-]#[N+]c1cc(/C=C/c2cc3c4c(c2)CCCN4CCC3)c(C#N)cc1/C=C/c1cc2c3c(c1)CCCN3CCC2. The van der Waals surface area contributed by atoms with Crippen LogP contribution in [0.5, 0.6) is 0 Å². The van der Waals surface area contributed by atoms with Crippen LogP contribution < -0.4 is 9.80 Å². The number of nitrogens with zero attached hydrogens (tertiary/aromatic N) is 4. The molecule has 0 saturated heterocycles. The Hall–Kier alpha value is -4.28. The van der Waals surface area contributed by atoms with Gasteiger partial charge in [-0.25, -0.2) is 4.85 Å². The van der Waals surface area contributed by atoms with Crippen LogP contribution in [0.2, 0.25) is 0 Å². The molecule has 4 nitrogen and oxygen atoms in total. The zero-order chi connectivity index (χ0) is 27.1. The highest BCUT2D eigenvalue weighted by atomic mass is 15.1. The van der Waals surface area contributed by atoms with E-state index in [9.17, 15) is 5.26 Å². The molecule has 0 spiro atoms. The zero-order valence-electron chi connectivity index (χ0n) is 23.0. The van der Waals surface area contributed by atoms with Gasteiger partial charge in [-0.2, -0.15) is 5.26 Å². The van der Waals surface area contributed by atoms with Crippen molar-refractivity contribution in [2.75, 3.05) is 36.0 Å². The molecule has 0 N–H and O–H groups in total. The normalized spacial score (nSPS) is 17.4. The summed E-state index contributed by atoms with van der Waals surface area (Å²) in [6.07, 6.45) is 17.7. The minimum absolute atomic E-state index is 0.580. The second kappa shape index (κ2) is 10.4. The summed E-state index contributed by atoms with van der Waals surface area (Å²) in [5, 5.41) is 10.0. The average molecular weight is 523 g/mol. The average Bonchev–Trinajstić information content (AvgIpc) is 2.99. The molecule has 7 rings (SSSR count). The first kappa shape index (κ1) is 24.7. The van der Waals surface area contributed by atoms with E-state index in [1.807, 2.05) is 24.3 Å². The molecule has 4 heterocycles. The smallest absolute Gasteiger partial charge is 0.194 e. The van der Waals surface area contributed by atoms with Gasteiger partial charge >= 0.3 is 0 Å². The maximum absolute atomic E-state index is 10.0. The first-order valence-electron chi connectivity index (χ1n) is 14.8. The summed E-state index contributed by atoms with van der Waals surface area (Å²) in [5.41, 5.74) is 13.9. The van der Waals surface area contributed by atoms with E-state index in [4.69, 9.17) is 6.57 Å². The van der Waals surface area contributed by atoms with Gasteiger partial charge in [0.15, 0.2) is 5.69 Å². The summed E-state index contributed by atoms with van der Waals surface area (Å²) in [4.78, 5) is 8.96. The lowest BCUT2D eigenvalue weighted by molar-refractivity contribution is 0.634. The molecule has 0 amide bonds. The van der Waals surface area contributed by atoms with E-state index in [-0.39, 0.29) is 0 Å². The minimum Gasteiger partial charge on any atom is -0.371 e. The molecule has 0 fully saturated rings. The van der Waals surface area contributed by atoms with Crippen LogP contribution in [-0.4, -0.2) is 26.2 Å². The number of aryl methyl sites for hydroxylation is 4. The summed E-state index contributed by atoms with van der Waals surface area (Å²) < 4.78 is 0. The molecule has 4 heteroatoms. The van der Waals surface area contributed by atoms with Crippen molar-refractivity contribution in [1.82, 2.24) is 0 Å². The molecule has 0 radical (unpaired) electrons. The molecular weight excluding hydrogens is 488 g/mol. The predicted molar refractivity (Wildman–Crippen MR) is 166 cm³/mol. The first-order chi connectivity index (χ1) is 19.7.